The van der Waals surface area contributed by atoms with Crippen molar-refractivity contribution in [3.63, 3.8) is 0 Å². The third-order valence-corrected chi connectivity index (χ3v) is 2.03. The van der Waals surface area contributed by atoms with Gasteiger partial charge in [0.25, 0.3) is 0 Å². The van der Waals surface area contributed by atoms with E-state index in [1.165, 1.54) is 0 Å². The molecule has 0 aromatic heterocycles. The molecule has 3 heteroatoms. The quantitative estimate of drug-likeness (QED) is 0.392. The monoisotopic (exact) mass is 193 g/mol. The lowest BCUT2D eigenvalue weighted by molar-refractivity contribution is -0.138. The van der Waals surface area contributed by atoms with E-state index in [4.69, 9.17) is 4.84 Å². The second-order valence-electron chi connectivity index (χ2n) is 3.20. The first kappa shape index (κ1) is 10.7. The number of nitrogens with zero attached hydrogens (tertiary/aromatic N) is 1. The fraction of sp³-hybridized carbons (Fsp3) is 0.455. The Morgan fingerprint density at radius 3 is 2.93 bits per heavy atom. The van der Waals surface area contributed by atoms with Gasteiger partial charge in [0.2, 0.25) is 0 Å². The normalized spacial score (nSPS) is 16.4. The van der Waals surface area contributed by atoms with Crippen molar-refractivity contribution in [2.24, 2.45) is 5.16 Å². The van der Waals surface area contributed by atoms with Crippen LogP contribution < -0.4 is 0 Å². The minimum absolute atomic E-state index is 0.367. The van der Waals surface area contributed by atoms with E-state index in [9.17, 15) is 4.79 Å². The minimum Gasteiger partial charge on any atom is -0.313 e. The number of oxime groups is 1. The molecule has 0 fully saturated rings. The standard InChI is InChI=1S/C11H15NO2/c1-3-9(2)12-14-11(13)10-7-5-4-6-8-10/h5,7-8H,3-4,6H2,1-2H3/b12-9-. The van der Waals surface area contributed by atoms with Crippen LogP contribution in [0, 0.1) is 0 Å². The van der Waals surface area contributed by atoms with Gasteiger partial charge in [-0.15, -0.1) is 0 Å². The van der Waals surface area contributed by atoms with E-state index in [1.54, 1.807) is 6.08 Å². The second kappa shape index (κ2) is 5.37. The van der Waals surface area contributed by atoms with Gasteiger partial charge >= 0.3 is 5.97 Å². The van der Waals surface area contributed by atoms with Gasteiger partial charge in [-0.3, -0.25) is 0 Å². The number of rotatable bonds is 3. The second-order valence-corrected chi connectivity index (χ2v) is 3.20. The van der Waals surface area contributed by atoms with Crippen LogP contribution in [0.3, 0.4) is 0 Å². The first-order valence-electron chi connectivity index (χ1n) is 4.85. The van der Waals surface area contributed by atoms with Gasteiger partial charge in [-0.1, -0.05) is 30.3 Å². The summed E-state index contributed by atoms with van der Waals surface area (Å²) in [6.07, 6.45) is 8.31. The summed E-state index contributed by atoms with van der Waals surface area (Å²) in [4.78, 5) is 16.1. The SMILES string of the molecule is CC/C(C)=N\OC(=O)C1=CCCC=C1. The highest BCUT2D eigenvalue weighted by Gasteiger charge is 2.09. The summed E-state index contributed by atoms with van der Waals surface area (Å²) in [5, 5.41) is 3.71. The fourth-order valence-corrected chi connectivity index (χ4v) is 1.00. The number of hydrogen-bond donors (Lipinski definition) is 0. The molecule has 0 aromatic carbocycles. The van der Waals surface area contributed by atoms with E-state index in [0.717, 1.165) is 25.0 Å². The predicted molar refractivity (Wildman–Crippen MR) is 55.9 cm³/mol. The fourth-order valence-electron chi connectivity index (χ4n) is 1.00. The third-order valence-electron chi connectivity index (χ3n) is 2.03. The lowest BCUT2D eigenvalue weighted by Gasteiger charge is -2.03. The van der Waals surface area contributed by atoms with Crippen LogP contribution in [0.4, 0.5) is 0 Å². The summed E-state index contributed by atoms with van der Waals surface area (Å²) >= 11 is 0. The van der Waals surface area contributed by atoms with Crippen LogP contribution in [0.2, 0.25) is 0 Å². The van der Waals surface area contributed by atoms with Gasteiger partial charge in [-0.25, -0.2) is 4.79 Å². The topological polar surface area (TPSA) is 38.7 Å². The van der Waals surface area contributed by atoms with Crippen molar-refractivity contribution < 1.29 is 9.63 Å². The maximum absolute atomic E-state index is 11.4. The molecule has 0 bridgehead atoms. The molecular formula is C11H15NO2. The molecule has 0 spiro atoms. The number of allylic oxidation sites excluding steroid dienone is 2. The maximum Gasteiger partial charge on any atom is 0.365 e. The number of carbonyl (C=O) groups excluding carboxylic acids is 1. The highest BCUT2D eigenvalue weighted by molar-refractivity contribution is 5.92. The molecule has 3 nitrogen and oxygen atoms in total. The van der Waals surface area contributed by atoms with E-state index in [2.05, 4.69) is 5.16 Å². The Kier molecular flexibility index (Phi) is 4.11. The van der Waals surface area contributed by atoms with E-state index in [1.807, 2.05) is 26.0 Å². The van der Waals surface area contributed by atoms with Crippen molar-refractivity contribution in [2.75, 3.05) is 0 Å². The largest absolute Gasteiger partial charge is 0.365 e. The summed E-state index contributed by atoms with van der Waals surface area (Å²) in [7, 11) is 0. The smallest absolute Gasteiger partial charge is 0.313 e. The van der Waals surface area contributed by atoms with Gasteiger partial charge in [-0.2, -0.15) is 0 Å². The van der Waals surface area contributed by atoms with E-state index >= 15 is 0 Å². The Labute approximate surface area is 84.1 Å². The molecule has 0 aliphatic heterocycles. The Morgan fingerprint density at radius 1 is 1.57 bits per heavy atom. The average Bonchev–Trinajstić information content (AvgIpc) is 2.26. The summed E-state index contributed by atoms with van der Waals surface area (Å²) < 4.78 is 0. The molecular weight excluding hydrogens is 178 g/mol. The van der Waals surface area contributed by atoms with E-state index in [-0.39, 0.29) is 5.97 Å². The Hall–Kier alpha value is -1.38. The summed E-state index contributed by atoms with van der Waals surface area (Å²) in [6, 6.07) is 0. The molecule has 0 unspecified atom stereocenters. The van der Waals surface area contributed by atoms with Crippen LogP contribution in [-0.2, 0) is 9.63 Å². The molecule has 1 aliphatic carbocycles. The Morgan fingerprint density at radius 2 is 2.36 bits per heavy atom. The van der Waals surface area contributed by atoms with Crippen molar-refractivity contribution >= 4 is 11.7 Å². The van der Waals surface area contributed by atoms with Crippen molar-refractivity contribution in [3.8, 4) is 0 Å². The van der Waals surface area contributed by atoms with Crippen LogP contribution in [-0.4, -0.2) is 11.7 Å². The van der Waals surface area contributed by atoms with Gasteiger partial charge < -0.3 is 4.84 Å². The molecule has 0 radical (unpaired) electrons. The predicted octanol–water partition coefficient (Wildman–Crippen LogP) is 2.59. The zero-order valence-corrected chi connectivity index (χ0v) is 8.62. The first-order valence-corrected chi connectivity index (χ1v) is 4.85. The van der Waals surface area contributed by atoms with Crippen LogP contribution in [0.1, 0.15) is 33.1 Å². The van der Waals surface area contributed by atoms with Crippen LogP contribution in [0.15, 0.2) is 29.0 Å². The van der Waals surface area contributed by atoms with Gasteiger partial charge in [0.1, 0.15) is 0 Å². The van der Waals surface area contributed by atoms with Gasteiger partial charge in [-0.05, 0) is 26.2 Å². The van der Waals surface area contributed by atoms with Gasteiger partial charge in [0.05, 0.1) is 11.3 Å². The molecule has 14 heavy (non-hydrogen) atoms. The van der Waals surface area contributed by atoms with Gasteiger partial charge in [0.15, 0.2) is 0 Å². The highest BCUT2D eigenvalue weighted by atomic mass is 16.7. The first-order chi connectivity index (χ1) is 6.74. The molecule has 0 aromatic rings. The summed E-state index contributed by atoms with van der Waals surface area (Å²) in [5.41, 5.74) is 1.42. The lowest BCUT2D eigenvalue weighted by Crippen LogP contribution is -2.05. The number of carbonyl (C=O) groups is 1. The molecule has 0 saturated carbocycles. The Bertz CT molecular complexity index is 300. The maximum atomic E-state index is 11.4. The molecule has 0 saturated heterocycles. The van der Waals surface area contributed by atoms with Crippen LogP contribution in [0.5, 0.6) is 0 Å². The molecule has 1 aliphatic rings. The number of hydrogen-bond acceptors (Lipinski definition) is 3. The molecule has 1 rings (SSSR count). The summed E-state index contributed by atoms with van der Waals surface area (Å²) in [6.45, 7) is 3.80. The van der Waals surface area contributed by atoms with E-state index in [0.29, 0.717) is 5.57 Å². The minimum atomic E-state index is -0.367. The molecule has 0 amide bonds. The van der Waals surface area contributed by atoms with Crippen molar-refractivity contribution in [2.45, 2.75) is 33.1 Å². The van der Waals surface area contributed by atoms with Crippen molar-refractivity contribution in [1.82, 2.24) is 0 Å². The average molecular weight is 193 g/mol. The van der Waals surface area contributed by atoms with Crippen LogP contribution >= 0.6 is 0 Å². The van der Waals surface area contributed by atoms with E-state index < -0.39 is 0 Å². The van der Waals surface area contributed by atoms with Crippen molar-refractivity contribution in [1.29, 1.82) is 0 Å². The lowest BCUT2D eigenvalue weighted by atomic mass is 10.1. The summed E-state index contributed by atoms with van der Waals surface area (Å²) in [5.74, 6) is -0.367. The highest BCUT2D eigenvalue weighted by Crippen LogP contribution is 2.11. The Balaban J connectivity index is 2.50. The van der Waals surface area contributed by atoms with Crippen molar-refractivity contribution in [3.05, 3.63) is 23.8 Å². The molecule has 0 N–H and O–H groups in total. The molecule has 0 heterocycles. The van der Waals surface area contributed by atoms with Crippen LogP contribution in [0.25, 0.3) is 0 Å². The third kappa shape index (κ3) is 3.17. The van der Waals surface area contributed by atoms with Gasteiger partial charge in [0, 0.05) is 0 Å². The zero-order chi connectivity index (χ0) is 10.4. The zero-order valence-electron chi connectivity index (χ0n) is 8.62. The molecule has 76 valence electrons. The molecule has 0 atom stereocenters.